The first-order chi connectivity index (χ1) is 9.56. The van der Waals surface area contributed by atoms with Gasteiger partial charge in [0.15, 0.2) is 0 Å². The maximum Gasteiger partial charge on any atom is 0.326 e. The molecule has 0 bridgehead atoms. The fourth-order valence-corrected chi connectivity index (χ4v) is 2.25. The summed E-state index contributed by atoms with van der Waals surface area (Å²) in [6.07, 6.45) is 1.81. The van der Waals surface area contributed by atoms with Gasteiger partial charge in [-0.2, -0.15) is 0 Å². The molecule has 0 fully saturated rings. The molecule has 6 nitrogen and oxygen atoms in total. The summed E-state index contributed by atoms with van der Waals surface area (Å²) in [6, 6.07) is 5.68. The average molecular weight is 276 g/mol. The van der Waals surface area contributed by atoms with Crippen molar-refractivity contribution >= 4 is 17.0 Å². The average Bonchev–Trinajstić information content (AvgIpc) is 2.42. The summed E-state index contributed by atoms with van der Waals surface area (Å²) >= 11 is 0. The van der Waals surface area contributed by atoms with E-state index in [9.17, 15) is 19.5 Å². The minimum absolute atomic E-state index is 0.319. The number of carboxylic acids is 1. The van der Waals surface area contributed by atoms with E-state index in [0.717, 1.165) is 11.0 Å². The number of aromatic amines is 1. The number of H-pyrrole nitrogens is 1. The van der Waals surface area contributed by atoms with Crippen LogP contribution >= 0.6 is 0 Å². The molecule has 0 spiro atoms. The molecule has 1 aromatic heterocycles. The van der Waals surface area contributed by atoms with Gasteiger partial charge < -0.3 is 10.1 Å². The van der Waals surface area contributed by atoms with E-state index in [-0.39, 0.29) is 0 Å². The normalized spacial score (nSPS) is 12.4. The van der Waals surface area contributed by atoms with E-state index in [2.05, 4.69) is 4.98 Å². The highest BCUT2D eigenvalue weighted by atomic mass is 16.4. The Kier molecular flexibility index (Phi) is 4.02. The van der Waals surface area contributed by atoms with Gasteiger partial charge in [-0.1, -0.05) is 31.9 Å². The Balaban J connectivity index is 2.73. The van der Waals surface area contributed by atoms with E-state index in [4.69, 9.17) is 0 Å². The smallest absolute Gasteiger partial charge is 0.326 e. The third-order valence-corrected chi connectivity index (χ3v) is 3.25. The number of unbranched alkanes of at least 4 members (excludes halogenated alkanes) is 1. The number of carboxylic acid groups (broad SMARTS) is 1. The van der Waals surface area contributed by atoms with Crippen molar-refractivity contribution in [2.75, 3.05) is 0 Å². The first-order valence-corrected chi connectivity index (χ1v) is 6.52. The lowest BCUT2D eigenvalue weighted by atomic mass is 10.1. The molecule has 106 valence electrons. The number of hydrogen-bond donors (Lipinski definition) is 2. The minimum atomic E-state index is -1.10. The lowest BCUT2D eigenvalue weighted by Gasteiger charge is -2.17. The molecule has 0 saturated carbocycles. The monoisotopic (exact) mass is 276 g/mol. The molecule has 1 heterocycles. The van der Waals surface area contributed by atoms with Gasteiger partial charge in [0.25, 0.3) is 0 Å². The first kappa shape index (κ1) is 14.0. The molecule has 2 N–H and O–H groups in total. The van der Waals surface area contributed by atoms with Crippen LogP contribution in [0.25, 0.3) is 11.0 Å². The molecular formula is C14H16N2O4. The molecule has 1 atom stereocenters. The fraction of sp³-hybridized carbons (Fsp3) is 0.357. The molecule has 0 saturated heterocycles. The van der Waals surface area contributed by atoms with E-state index in [1.54, 1.807) is 24.3 Å². The number of fused-ring (bicyclic) bond motifs is 1. The Morgan fingerprint density at radius 1 is 1.35 bits per heavy atom. The summed E-state index contributed by atoms with van der Waals surface area (Å²) in [5, 5.41) is 9.36. The molecule has 2 aromatic rings. The second-order valence-corrected chi connectivity index (χ2v) is 4.64. The highest BCUT2D eigenvalue weighted by molar-refractivity contribution is 5.78. The lowest BCUT2D eigenvalue weighted by Crippen LogP contribution is -2.40. The molecule has 0 radical (unpaired) electrons. The second kappa shape index (κ2) is 5.73. The van der Waals surface area contributed by atoms with Gasteiger partial charge in [0, 0.05) is 0 Å². The summed E-state index contributed by atoms with van der Waals surface area (Å²) in [4.78, 5) is 37.6. The largest absolute Gasteiger partial charge is 0.480 e. The van der Waals surface area contributed by atoms with Crippen LogP contribution in [0.4, 0.5) is 0 Å². The van der Waals surface area contributed by atoms with Gasteiger partial charge in [-0.05, 0) is 18.6 Å². The molecule has 2 rings (SSSR count). The van der Waals surface area contributed by atoms with Crippen molar-refractivity contribution in [2.24, 2.45) is 0 Å². The SMILES string of the molecule is CCCCC(C(=O)O)n1c(=O)c(=O)[nH]c2ccccc21. The topological polar surface area (TPSA) is 92.2 Å². The molecule has 0 amide bonds. The molecule has 0 aliphatic carbocycles. The van der Waals surface area contributed by atoms with E-state index in [1.165, 1.54) is 0 Å². The standard InChI is InChI=1S/C14H16N2O4/c1-2-3-7-11(14(19)20)16-10-8-5-4-6-9(10)15-12(17)13(16)18/h4-6,8,11H,2-3,7H2,1H3,(H,15,17)(H,19,20). The van der Waals surface area contributed by atoms with Crippen LogP contribution in [-0.2, 0) is 4.79 Å². The molecule has 1 aromatic carbocycles. The number of aliphatic carboxylic acids is 1. The van der Waals surface area contributed by atoms with Crippen LogP contribution in [0.15, 0.2) is 33.9 Å². The summed E-state index contributed by atoms with van der Waals surface area (Å²) in [5.41, 5.74) is -0.737. The van der Waals surface area contributed by atoms with Crippen LogP contribution in [0.2, 0.25) is 0 Å². The molecule has 20 heavy (non-hydrogen) atoms. The Labute approximate surface area is 114 Å². The molecule has 1 unspecified atom stereocenters. The Bertz CT molecular complexity index is 745. The van der Waals surface area contributed by atoms with Crippen molar-refractivity contribution in [2.45, 2.75) is 32.2 Å². The predicted octanol–water partition coefficient (Wildman–Crippen LogP) is 1.51. The van der Waals surface area contributed by atoms with Gasteiger partial charge in [0.05, 0.1) is 11.0 Å². The number of nitrogens with zero attached hydrogens (tertiary/aromatic N) is 1. The van der Waals surface area contributed by atoms with Gasteiger partial charge in [-0.15, -0.1) is 0 Å². The Hall–Kier alpha value is -2.37. The van der Waals surface area contributed by atoms with E-state index >= 15 is 0 Å². The van der Waals surface area contributed by atoms with E-state index in [1.807, 2.05) is 6.92 Å². The van der Waals surface area contributed by atoms with Crippen LogP contribution < -0.4 is 11.1 Å². The quantitative estimate of drug-likeness (QED) is 0.809. The van der Waals surface area contributed by atoms with Crippen molar-refractivity contribution < 1.29 is 9.90 Å². The van der Waals surface area contributed by atoms with Crippen LogP contribution in [0, 0.1) is 0 Å². The van der Waals surface area contributed by atoms with Crippen molar-refractivity contribution in [3.05, 3.63) is 45.0 Å². The predicted molar refractivity (Wildman–Crippen MR) is 75.0 cm³/mol. The van der Waals surface area contributed by atoms with Crippen molar-refractivity contribution in [3.63, 3.8) is 0 Å². The van der Waals surface area contributed by atoms with Gasteiger partial charge >= 0.3 is 17.1 Å². The minimum Gasteiger partial charge on any atom is -0.480 e. The van der Waals surface area contributed by atoms with Crippen molar-refractivity contribution in [1.29, 1.82) is 0 Å². The number of nitrogens with one attached hydrogen (secondary N) is 1. The lowest BCUT2D eigenvalue weighted by molar-refractivity contribution is -0.141. The highest BCUT2D eigenvalue weighted by Crippen LogP contribution is 2.18. The zero-order valence-corrected chi connectivity index (χ0v) is 11.1. The number of aromatic nitrogens is 2. The Morgan fingerprint density at radius 3 is 2.70 bits per heavy atom. The number of rotatable bonds is 5. The summed E-state index contributed by atoms with van der Waals surface area (Å²) in [5.74, 6) is -1.10. The van der Waals surface area contributed by atoms with Crippen LogP contribution in [0.3, 0.4) is 0 Å². The van der Waals surface area contributed by atoms with Crippen molar-refractivity contribution in [1.82, 2.24) is 9.55 Å². The highest BCUT2D eigenvalue weighted by Gasteiger charge is 2.23. The third kappa shape index (κ3) is 2.49. The molecule has 6 heteroatoms. The van der Waals surface area contributed by atoms with E-state index in [0.29, 0.717) is 23.9 Å². The number of para-hydroxylation sites is 2. The molecular weight excluding hydrogens is 260 g/mol. The van der Waals surface area contributed by atoms with E-state index < -0.39 is 23.1 Å². The van der Waals surface area contributed by atoms with Crippen LogP contribution in [0.5, 0.6) is 0 Å². The third-order valence-electron chi connectivity index (χ3n) is 3.25. The maximum absolute atomic E-state index is 12.0. The fourth-order valence-electron chi connectivity index (χ4n) is 2.25. The van der Waals surface area contributed by atoms with Crippen LogP contribution in [-0.4, -0.2) is 20.6 Å². The number of hydrogen-bond acceptors (Lipinski definition) is 3. The second-order valence-electron chi connectivity index (χ2n) is 4.64. The van der Waals surface area contributed by atoms with Gasteiger partial charge in [0.2, 0.25) is 0 Å². The summed E-state index contributed by atoms with van der Waals surface area (Å²) < 4.78 is 1.09. The first-order valence-electron chi connectivity index (χ1n) is 6.52. The Morgan fingerprint density at radius 2 is 2.05 bits per heavy atom. The van der Waals surface area contributed by atoms with Gasteiger partial charge in [0.1, 0.15) is 6.04 Å². The summed E-state index contributed by atoms with van der Waals surface area (Å²) in [6.45, 7) is 1.94. The maximum atomic E-state index is 12.0. The molecule has 0 aliphatic heterocycles. The zero-order valence-electron chi connectivity index (χ0n) is 11.1. The summed E-state index contributed by atoms with van der Waals surface area (Å²) in [7, 11) is 0. The van der Waals surface area contributed by atoms with Crippen molar-refractivity contribution in [3.8, 4) is 0 Å². The molecule has 0 aliphatic rings. The number of carbonyl (C=O) groups is 1. The van der Waals surface area contributed by atoms with Crippen LogP contribution in [0.1, 0.15) is 32.2 Å². The van der Waals surface area contributed by atoms with Gasteiger partial charge in [-0.3, -0.25) is 14.2 Å². The van der Waals surface area contributed by atoms with Gasteiger partial charge in [-0.25, -0.2) is 4.79 Å². The zero-order chi connectivity index (χ0) is 14.7. The number of benzene rings is 1.